The smallest absolute Gasteiger partial charge is 0.425 e. The first-order valence-corrected chi connectivity index (χ1v) is 7.11. The van der Waals surface area contributed by atoms with E-state index in [4.69, 9.17) is 9.47 Å². The summed E-state index contributed by atoms with van der Waals surface area (Å²) in [6.45, 7) is 0. The Bertz CT molecular complexity index is 663. The fourth-order valence-electron chi connectivity index (χ4n) is 1.50. The van der Waals surface area contributed by atoms with Crippen LogP contribution in [-0.4, -0.2) is 31.4 Å². The molecule has 20 heavy (non-hydrogen) atoms. The number of rotatable bonds is 3. The second-order valence-corrected chi connectivity index (χ2v) is 5.85. The van der Waals surface area contributed by atoms with Crippen molar-refractivity contribution in [1.82, 2.24) is 0 Å². The SMILES string of the molecule is O=C(Oc1ccc([N+](=O)[O-])cc1)O[C@H]1C=CS(=O)(=O)C1. The van der Waals surface area contributed by atoms with E-state index >= 15 is 0 Å². The molecule has 1 aliphatic rings. The first-order chi connectivity index (χ1) is 9.35. The van der Waals surface area contributed by atoms with Crippen molar-refractivity contribution in [2.75, 3.05) is 5.75 Å². The van der Waals surface area contributed by atoms with Crippen molar-refractivity contribution in [2.45, 2.75) is 6.10 Å². The Hall–Kier alpha value is -2.42. The van der Waals surface area contributed by atoms with Crippen LogP contribution in [-0.2, 0) is 14.6 Å². The summed E-state index contributed by atoms with van der Waals surface area (Å²) in [5.41, 5.74) is -0.143. The van der Waals surface area contributed by atoms with Crippen LogP contribution in [0.15, 0.2) is 35.7 Å². The zero-order valence-electron chi connectivity index (χ0n) is 9.96. The highest BCUT2D eigenvalue weighted by atomic mass is 32.2. The van der Waals surface area contributed by atoms with Gasteiger partial charge in [-0.3, -0.25) is 10.1 Å². The van der Waals surface area contributed by atoms with E-state index in [-0.39, 0.29) is 17.2 Å². The monoisotopic (exact) mass is 299 g/mol. The number of benzene rings is 1. The molecular formula is C11H9NO7S. The zero-order chi connectivity index (χ0) is 14.8. The minimum absolute atomic E-state index is 0.0606. The first-order valence-electron chi connectivity index (χ1n) is 5.39. The van der Waals surface area contributed by atoms with Crippen LogP contribution in [0.5, 0.6) is 5.75 Å². The molecule has 0 spiro atoms. The van der Waals surface area contributed by atoms with Gasteiger partial charge in [-0.1, -0.05) is 0 Å². The molecule has 0 fully saturated rings. The van der Waals surface area contributed by atoms with Crippen LogP contribution in [0, 0.1) is 10.1 Å². The molecule has 8 nitrogen and oxygen atoms in total. The van der Waals surface area contributed by atoms with Crippen molar-refractivity contribution >= 4 is 21.7 Å². The first kappa shape index (κ1) is 14.0. The van der Waals surface area contributed by atoms with E-state index in [2.05, 4.69) is 0 Å². The molecule has 0 aromatic heterocycles. The average molecular weight is 299 g/mol. The van der Waals surface area contributed by atoms with Gasteiger partial charge in [0.1, 0.15) is 11.9 Å². The quantitative estimate of drug-likeness (QED) is 0.359. The number of carbonyl (C=O) groups excluding carboxylic acids is 1. The van der Waals surface area contributed by atoms with Gasteiger partial charge in [-0.2, -0.15) is 0 Å². The van der Waals surface area contributed by atoms with Gasteiger partial charge in [0.25, 0.3) is 5.69 Å². The molecule has 0 bridgehead atoms. The predicted octanol–water partition coefficient (Wildman–Crippen LogP) is 1.42. The van der Waals surface area contributed by atoms with Crippen LogP contribution in [0.4, 0.5) is 10.5 Å². The molecule has 0 amide bonds. The van der Waals surface area contributed by atoms with Crippen molar-refractivity contribution in [1.29, 1.82) is 0 Å². The summed E-state index contributed by atoms with van der Waals surface area (Å²) in [6.07, 6.45) is -0.719. The van der Waals surface area contributed by atoms with E-state index in [0.29, 0.717) is 0 Å². The molecule has 1 aliphatic heterocycles. The lowest BCUT2D eigenvalue weighted by molar-refractivity contribution is -0.384. The number of nitro benzene ring substituents is 1. The number of hydrogen-bond donors (Lipinski definition) is 0. The van der Waals surface area contributed by atoms with E-state index in [0.717, 1.165) is 5.41 Å². The van der Waals surface area contributed by atoms with Crippen molar-refractivity contribution in [2.24, 2.45) is 0 Å². The predicted molar refractivity (Wildman–Crippen MR) is 66.9 cm³/mol. The zero-order valence-corrected chi connectivity index (χ0v) is 10.8. The van der Waals surface area contributed by atoms with Gasteiger partial charge in [0.15, 0.2) is 9.84 Å². The third kappa shape index (κ3) is 3.54. The maximum atomic E-state index is 11.4. The molecular weight excluding hydrogens is 290 g/mol. The highest BCUT2D eigenvalue weighted by Gasteiger charge is 2.25. The van der Waals surface area contributed by atoms with Gasteiger partial charge in [-0.25, -0.2) is 13.2 Å². The summed E-state index contributed by atoms with van der Waals surface area (Å²) in [6, 6.07) is 4.81. The molecule has 0 saturated heterocycles. The standard InChI is InChI=1S/C11H9NO7S/c13-11(19-10-5-6-20(16,17)7-10)18-9-3-1-8(2-4-9)12(14)15/h1-6,10H,7H2/t10-/m0/s1. The number of hydrogen-bond acceptors (Lipinski definition) is 7. The van der Waals surface area contributed by atoms with E-state index in [1.807, 2.05) is 0 Å². The summed E-state index contributed by atoms with van der Waals surface area (Å²) in [4.78, 5) is 21.2. The average Bonchev–Trinajstić information content (AvgIpc) is 2.69. The molecule has 0 radical (unpaired) electrons. The van der Waals surface area contributed by atoms with Crippen LogP contribution in [0.25, 0.3) is 0 Å². The van der Waals surface area contributed by atoms with Crippen LogP contribution < -0.4 is 4.74 Å². The highest BCUT2D eigenvalue weighted by Crippen LogP contribution is 2.18. The topological polar surface area (TPSA) is 113 Å². The molecule has 0 aliphatic carbocycles. The number of nitro groups is 1. The van der Waals surface area contributed by atoms with E-state index in [1.54, 1.807) is 0 Å². The fraction of sp³-hybridized carbons (Fsp3) is 0.182. The third-order valence-corrected chi connectivity index (χ3v) is 3.76. The van der Waals surface area contributed by atoms with E-state index in [9.17, 15) is 23.3 Å². The lowest BCUT2D eigenvalue weighted by atomic mass is 10.3. The second-order valence-electron chi connectivity index (χ2n) is 3.92. The lowest BCUT2D eigenvalue weighted by Gasteiger charge is -2.09. The van der Waals surface area contributed by atoms with Gasteiger partial charge in [0.05, 0.1) is 10.7 Å². The largest absolute Gasteiger partial charge is 0.514 e. The Balaban J connectivity index is 1.92. The summed E-state index contributed by atoms with van der Waals surface area (Å²) in [7, 11) is -3.32. The molecule has 1 aromatic carbocycles. The van der Waals surface area contributed by atoms with Gasteiger partial charge in [-0.15, -0.1) is 0 Å². The molecule has 1 heterocycles. The number of ether oxygens (including phenoxy) is 2. The number of nitrogens with zero attached hydrogens (tertiary/aromatic N) is 1. The Morgan fingerprint density at radius 3 is 2.45 bits per heavy atom. The van der Waals surface area contributed by atoms with Crippen molar-refractivity contribution in [3.63, 3.8) is 0 Å². The molecule has 2 rings (SSSR count). The van der Waals surface area contributed by atoms with E-state index in [1.165, 1.54) is 30.3 Å². The van der Waals surface area contributed by atoms with Crippen LogP contribution in [0.2, 0.25) is 0 Å². The third-order valence-electron chi connectivity index (χ3n) is 2.39. The number of carbonyl (C=O) groups is 1. The maximum Gasteiger partial charge on any atom is 0.514 e. The van der Waals surface area contributed by atoms with Gasteiger partial charge >= 0.3 is 6.16 Å². The highest BCUT2D eigenvalue weighted by molar-refractivity contribution is 7.94. The van der Waals surface area contributed by atoms with Gasteiger partial charge in [0, 0.05) is 17.5 Å². The summed E-state index contributed by atoms with van der Waals surface area (Å²) < 4.78 is 31.7. The minimum Gasteiger partial charge on any atom is -0.425 e. The van der Waals surface area contributed by atoms with E-state index < -0.39 is 27.0 Å². The molecule has 9 heteroatoms. The minimum atomic E-state index is -3.32. The van der Waals surface area contributed by atoms with Gasteiger partial charge < -0.3 is 9.47 Å². The molecule has 0 unspecified atom stereocenters. The van der Waals surface area contributed by atoms with Gasteiger partial charge in [-0.05, 0) is 18.2 Å². The normalized spacial score (nSPS) is 19.5. The fourth-order valence-corrected chi connectivity index (χ4v) is 2.66. The Morgan fingerprint density at radius 1 is 1.30 bits per heavy atom. The molecule has 0 N–H and O–H groups in total. The molecule has 106 valence electrons. The summed E-state index contributed by atoms with van der Waals surface area (Å²) >= 11 is 0. The summed E-state index contributed by atoms with van der Waals surface area (Å²) in [5.74, 6) is -0.257. The Morgan fingerprint density at radius 2 is 1.95 bits per heavy atom. The second kappa shape index (κ2) is 5.29. The van der Waals surface area contributed by atoms with Crippen LogP contribution >= 0.6 is 0 Å². The molecule has 0 saturated carbocycles. The Labute approximate surface area is 113 Å². The maximum absolute atomic E-state index is 11.4. The number of sulfone groups is 1. The van der Waals surface area contributed by atoms with Crippen molar-refractivity contribution in [3.05, 3.63) is 45.9 Å². The molecule has 1 aromatic rings. The lowest BCUT2D eigenvalue weighted by Crippen LogP contribution is -2.22. The number of non-ortho nitro benzene ring substituents is 1. The van der Waals surface area contributed by atoms with Crippen LogP contribution in [0.3, 0.4) is 0 Å². The van der Waals surface area contributed by atoms with Crippen LogP contribution in [0.1, 0.15) is 0 Å². The summed E-state index contributed by atoms with van der Waals surface area (Å²) in [5, 5.41) is 11.4. The van der Waals surface area contributed by atoms with Gasteiger partial charge in [0.2, 0.25) is 0 Å². The molecule has 1 atom stereocenters. The Kier molecular flexibility index (Phi) is 3.70. The van der Waals surface area contributed by atoms with Crippen molar-refractivity contribution in [3.8, 4) is 5.75 Å². The van der Waals surface area contributed by atoms with Crippen molar-refractivity contribution < 1.29 is 27.6 Å².